The summed E-state index contributed by atoms with van der Waals surface area (Å²) in [5, 5.41) is 9.94. The fourth-order valence-electron chi connectivity index (χ4n) is 2.50. The molecule has 1 N–H and O–H groups in total. The summed E-state index contributed by atoms with van der Waals surface area (Å²) in [5.74, 6) is -0.705. The van der Waals surface area contributed by atoms with Crippen LogP contribution >= 0.6 is 15.9 Å². The zero-order chi connectivity index (χ0) is 17.3. The van der Waals surface area contributed by atoms with Gasteiger partial charge in [-0.05, 0) is 40.2 Å². The summed E-state index contributed by atoms with van der Waals surface area (Å²) in [4.78, 5) is 28.2. The molecule has 0 atom stereocenters. The topological polar surface area (TPSA) is 81.4 Å². The molecule has 0 amide bonds. The zero-order valence-electron chi connectivity index (χ0n) is 12.7. The molecule has 0 aliphatic carbocycles. The third-order valence-electron chi connectivity index (χ3n) is 3.64. The molecule has 2 heterocycles. The molecule has 0 bridgehead atoms. The van der Waals surface area contributed by atoms with E-state index in [1.807, 2.05) is 6.07 Å². The highest BCUT2D eigenvalue weighted by molar-refractivity contribution is 9.10. The van der Waals surface area contributed by atoms with E-state index in [-0.39, 0.29) is 12.1 Å². The van der Waals surface area contributed by atoms with E-state index >= 15 is 0 Å². The normalized spacial score (nSPS) is 10.8. The number of hydrogen-bond donors (Lipinski definition) is 1. The number of carboxylic acids is 1. The highest BCUT2D eigenvalue weighted by Crippen LogP contribution is 2.30. The molecule has 2 aromatic heterocycles. The Labute approximate surface area is 145 Å². The molecule has 122 valence electrons. The average molecular weight is 389 g/mol. The van der Waals surface area contributed by atoms with Crippen LogP contribution in [0.5, 0.6) is 5.75 Å². The lowest BCUT2D eigenvalue weighted by atomic mass is 10.1. The molecule has 24 heavy (non-hydrogen) atoms. The van der Waals surface area contributed by atoms with Crippen molar-refractivity contribution < 1.29 is 14.6 Å². The van der Waals surface area contributed by atoms with Crippen molar-refractivity contribution in [3.05, 3.63) is 68.7 Å². The largest absolute Gasteiger partial charge is 0.495 e. The van der Waals surface area contributed by atoms with Gasteiger partial charge in [-0.2, -0.15) is 0 Å². The van der Waals surface area contributed by atoms with E-state index in [0.717, 1.165) is 0 Å². The summed E-state index contributed by atoms with van der Waals surface area (Å²) in [6.45, 7) is 0.169. The van der Waals surface area contributed by atoms with E-state index in [2.05, 4.69) is 20.9 Å². The molecule has 7 heteroatoms. The number of ether oxygens (including phenoxy) is 1. The van der Waals surface area contributed by atoms with Crippen LogP contribution in [-0.4, -0.2) is 27.7 Å². The first-order valence-electron chi connectivity index (χ1n) is 7.05. The van der Waals surface area contributed by atoms with Crippen molar-refractivity contribution in [2.24, 2.45) is 0 Å². The highest BCUT2D eigenvalue weighted by atomic mass is 79.9. The summed E-state index contributed by atoms with van der Waals surface area (Å²) in [5.41, 5.74) is 0.376. The number of carbonyl (C=O) groups is 1. The van der Waals surface area contributed by atoms with Crippen molar-refractivity contribution in [2.75, 3.05) is 7.11 Å². The number of pyridine rings is 2. The van der Waals surface area contributed by atoms with Crippen LogP contribution in [0.2, 0.25) is 0 Å². The summed E-state index contributed by atoms with van der Waals surface area (Å²) >= 11 is 3.38. The number of methoxy groups -OCH3 is 1. The molecule has 1 aromatic carbocycles. The smallest absolute Gasteiger partial charge is 0.341 e. The molecular weight excluding hydrogens is 376 g/mol. The second-order valence-electron chi connectivity index (χ2n) is 5.12. The minimum atomic E-state index is -1.26. The van der Waals surface area contributed by atoms with Gasteiger partial charge in [-0.15, -0.1) is 0 Å². The van der Waals surface area contributed by atoms with Crippen molar-refractivity contribution in [3.63, 3.8) is 0 Å². The Hall–Kier alpha value is -2.67. The van der Waals surface area contributed by atoms with Gasteiger partial charge in [-0.1, -0.05) is 6.07 Å². The molecule has 0 aliphatic heterocycles. The zero-order valence-corrected chi connectivity index (χ0v) is 14.3. The van der Waals surface area contributed by atoms with E-state index < -0.39 is 11.5 Å². The molecule has 0 saturated carbocycles. The third kappa shape index (κ3) is 2.90. The predicted octanol–water partition coefficient (Wildman–Crippen LogP) is 2.91. The second kappa shape index (κ2) is 6.45. The van der Waals surface area contributed by atoms with Gasteiger partial charge in [0.2, 0.25) is 0 Å². The number of nitrogens with zero attached hydrogens (tertiary/aromatic N) is 2. The van der Waals surface area contributed by atoms with Gasteiger partial charge >= 0.3 is 5.97 Å². The lowest BCUT2D eigenvalue weighted by Gasteiger charge is -2.13. The molecule has 0 unspecified atom stereocenters. The van der Waals surface area contributed by atoms with Crippen molar-refractivity contribution in [1.82, 2.24) is 9.55 Å². The highest BCUT2D eigenvalue weighted by Gasteiger charge is 2.17. The minimum absolute atomic E-state index is 0.169. The maximum absolute atomic E-state index is 12.6. The van der Waals surface area contributed by atoms with Crippen molar-refractivity contribution in [2.45, 2.75) is 6.54 Å². The van der Waals surface area contributed by atoms with E-state index in [1.54, 1.807) is 30.5 Å². The minimum Gasteiger partial charge on any atom is -0.495 e. The molecule has 3 rings (SSSR count). The summed E-state index contributed by atoms with van der Waals surface area (Å²) in [7, 11) is 1.53. The molecule has 0 spiro atoms. The first-order valence-corrected chi connectivity index (χ1v) is 7.85. The number of aromatic carboxylic acids is 1. The number of aromatic nitrogens is 2. The molecule has 0 fully saturated rings. The van der Waals surface area contributed by atoms with Crippen LogP contribution < -0.4 is 10.3 Å². The fraction of sp³-hybridized carbons (Fsp3) is 0.118. The molecule has 0 radical (unpaired) electrons. The fourth-order valence-corrected chi connectivity index (χ4v) is 3.02. The van der Waals surface area contributed by atoms with Crippen LogP contribution in [0.1, 0.15) is 16.1 Å². The summed E-state index contributed by atoms with van der Waals surface area (Å²) < 4.78 is 7.36. The third-order valence-corrected chi connectivity index (χ3v) is 4.26. The number of rotatable bonds is 4. The SMILES string of the molecule is COc1cc2c(cc1Br)cc(C(=O)O)c(=O)n2Cc1ccccn1. The Kier molecular flexibility index (Phi) is 4.35. The van der Waals surface area contributed by atoms with Gasteiger partial charge in [-0.25, -0.2) is 4.79 Å². The monoisotopic (exact) mass is 388 g/mol. The van der Waals surface area contributed by atoms with Gasteiger partial charge in [-0.3, -0.25) is 9.78 Å². The van der Waals surface area contributed by atoms with Crippen LogP contribution in [0.15, 0.2) is 51.9 Å². The molecule has 6 nitrogen and oxygen atoms in total. The van der Waals surface area contributed by atoms with Crippen LogP contribution in [0.25, 0.3) is 10.9 Å². The summed E-state index contributed by atoms with van der Waals surface area (Å²) in [6, 6.07) is 10.2. The number of hydrogen-bond acceptors (Lipinski definition) is 4. The van der Waals surface area contributed by atoms with Gasteiger partial charge in [0.25, 0.3) is 5.56 Å². The van der Waals surface area contributed by atoms with E-state index in [4.69, 9.17) is 4.74 Å². The van der Waals surface area contributed by atoms with Crippen LogP contribution in [0, 0.1) is 0 Å². The predicted molar refractivity (Wildman–Crippen MR) is 92.8 cm³/mol. The van der Waals surface area contributed by atoms with Gasteiger partial charge in [0.15, 0.2) is 0 Å². The average Bonchev–Trinajstić information content (AvgIpc) is 2.57. The van der Waals surface area contributed by atoms with Gasteiger partial charge in [0, 0.05) is 17.6 Å². The van der Waals surface area contributed by atoms with Crippen LogP contribution in [0.3, 0.4) is 0 Å². The lowest BCUT2D eigenvalue weighted by molar-refractivity contribution is 0.0694. The Morgan fingerprint density at radius 2 is 2.12 bits per heavy atom. The van der Waals surface area contributed by atoms with E-state index in [1.165, 1.54) is 17.7 Å². The standard InChI is InChI=1S/C17H13BrN2O4/c1-24-15-8-14-10(7-13(15)18)6-12(17(22)23)16(21)20(14)9-11-4-2-3-5-19-11/h2-8H,9H2,1H3,(H,22,23). The van der Waals surface area contributed by atoms with Crippen molar-refractivity contribution >= 4 is 32.8 Å². The maximum Gasteiger partial charge on any atom is 0.341 e. The summed E-state index contributed by atoms with van der Waals surface area (Å²) in [6.07, 6.45) is 1.63. The second-order valence-corrected chi connectivity index (χ2v) is 5.98. The Balaban J connectivity index is 2.32. The van der Waals surface area contributed by atoms with E-state index in [9.17, 15) is 14.7 Å². The number of halogens is 1. The number of benzene rings is 1. The first-order chi connectivity index (χ1) is 11.5. The van der Waals surface area contributed by atoms with Crippen molar-refractivity contribution in [3.8, 4) is 5.75 Å². The van der Waals surface area contributed by atoms with Crippen LogP contribution in [0.4, 0.5) is 0 Å². The molecule has 0 aliphatic rings. The molecular formula is C17H13BrN2O4. The number of fused-ring (bicyclic) bond motifs is 1. The van der Waals surface area contributed by atoms with Gasteiger partial charge < -0.3 is 14.4 Å². The van der Waals surface area contributed by atoms with E-state index in [0.29, 0.717) is 26.8 Å². The molecule has 3 aromatic rings. The Bertz CT molecular complexity index is 983. The van der Waals surface area contributed by atoms with Gasteiger partial charge in [0.05, 0.1) is 29.3 Å². The Morgan fingerprint density at radius 3 is 2.75 bits per heavy atom. The van der Waals surface area contributed by atoms with Crippen molar-refractivity contribution in [1.29, 1.82) is 0 Å². The maximum atomic E-state index is 12.6. The van der Waals surface area contributed by atoms with Gasteiger partial charge in [0.1, 0.15) is 11.3 Å². The number of carboxylic acid groups (broad SMARTS) is 1. The van der Waals surface area contributed by atoms with Crippen LogP contribution in [-0.2, 0) is 6.54 Å². The molecule has 0 saturated heterocycles. The Morgan fingerprint density at radius 1 is 1.33 bits per heavy atom. The first kappa shape index (κ1) is 16.2. The quantitative estimate of drug-likeness (QED) is 0.742. The lowest BCUT2D eigenvalue weighted by Crippen LogP contribution is -2.27.